The Morgan fingerprint density at radius 2 is 1.83 bits per heavy atom. The highest BCUT2D eigenvalue weighted by Gasteiger charge is 2.83. The second-order valence-electron chi connectivity index (χ2n) is 14.7. The highest BCUT2D eigenvalue weighted by molar-refractivity contribution is 5.69. The van der Waals surface area contributed by atoms with Crippen LogP contribution in [0.1, 0.15) is 106 Å². The number of rotatable bonds is 3. The predicted molar refractivity (Wildman–Crippen MR) is 137 cm³/mol. The summed E-state index contributed by atoms with van der Waals surface area (Å²) in [7, 11) is 1.47. The third-order valence-corrected chi connectivity index (χ3v) is 13.2. The molecule has 201 valence electrons. The van der Waals surface area contributed by atoms with E-state index in [1.54, 1.807) is 6.92 Å². The summed E-state index contributed by atoms with van der Waals surface area (Å²) in [4.78, 5) is 23.9. The lowest BCUT2D eigenvalue weighted by Crippen LogP contribution is -2.57. The first-order chi connectivity index (χ1) is 16.8. The molecule has 5 heteroatoms. The molecule has 10 atom stereocenters. The highest BCUT2D eigenvalue weighted by Crippen LogP contribution is 2.90. The summed E-state index contributed by atoms with van der Waals surface area (Å²) in [5.74, 6) is 3.33. The van der Waals surface area contributed by atoms with Crippen molar-refractivity contribution in [3.63, 3.8) is 0 Å². The Hall–Kier alpha value is -1.10. The summed E-state index contributed by atoms with van der Waals surface area (Å²) in [6.45, 7) is 13.9. The van der Waals surface area contributed by atoms with Gasteiger partial charge in [-0.1, -0.05) is 34.6 Å². The Kier molecular flexibility index (Phi) is 5.41. The summed E-state index contributed by atoms with van der Waals surface area (Å²) < 4.78 is 17.6. The average molecular weight is 500 g/mol. The number of hydrogen-bond acceptors (Lipinski definition) is 5. The highest BCUT2D eigenvalue weighted by atomic mass is 16.5. The predicted octanol–water partition coefficient (Wildman–Crippen LogP) is 6.28. The maximum absolute atomic E-state index is 12.0. The molecule has 0 aromatic heterocycles. The maximum atomic E-state index is 12.0. The number of ether oxygens (including phenoxy) is 3. The molecular formula is C31H47O5. The van der Waals surface area contributed by atoms with Crippen molar-refractivity contribution >= 4 is 11.9 Å². The zero-order chi connectivity index (χ0) is 25.9. The molecule has 0 bridgehead atoms. The molecule has 1 aliphatic heterocycles. The van der Waals surface area contributed by atoms with Crippen LogP contribution in [0.15, 0.2) is 0 Å². The molecule has 36 heavy (non-hydrogen) atoms. The van der Waals surface area contributed by atoms with Crippen molar-refractivity contribution in [3.05, 3.63) is 5.92 Å². The van der Waals surface area contributed by atoms with E-state index >= 15 is 0 Å². The van der Waals surface area contributed by atoms with Gasteiger partial charge in [0.2, 0.25) is 0 Å². The van der Waals surface area contributed by atoms with Gasteiger partial charge in [0.25, 0.3) is 0 Å². The van der Waals surface area contributed by atoms with Crippen LogP contribution in [0.5, 0.6) is 0 Å². The van der Waals surface area contributed by atoms with E-state index in [4.69, 9.17) is 14.2 Å². The number of fused-ring (bicyclic) bond motifs is 4. The minimum Gasteiger partial charge on any atom is -0.469 e. The molecule has 2 unspecified atom stereocenters. The van der Waals surface area contributed by atoms with E-state index in [2.05, 4.69) is 34.6 Å². The first kappa shape index (κ1) is 25.2. The Balaban J connectivity index is 1.29. The molecule has 0 amide bonds. The second kappa shape index (κ2) is 7.73. The van der Waals surface area contributed by atoms with Crippen molar-refractivity contribution in [3.8, 4) is 0 Å². The van der Waals surface area contributed by atoms with E-state index in [9.17, 15) is 9.59 Å². The Morgan fingerprint density at radius 3 is 2.53 bits per heavy atom. The largest absolute Gasteiger partial charge is 0.469 e. The summed E-state index contributed by atoms with van der Waals surface area (Å²) in [6, 6.07) is 0. The smallest absolute Gasteiger partial charge is 0.308 e. The van der Waals surface area contributed by atoms with Gasteiger partial charge in [0.05, 0.1) is 25.7 Å². The molecule has 6 fully saturated rings. The number of methoxy groups -OCH3 is 1. The van der Waals surface area contributed by atoms with Crippen LogP contribution in [-0.2, 0) is 23.8 Å². The molecule has 1 saturated heterocycles. The normalized spacial score (nSPS) is 52.6. The molecule has 5 nitrogen and oxygen atoms in total. The molecule has 0 aromatic rings. The molecule has 6 rings (SSSR count). The van der Waals surface area contributed by atoms with Gasteiger partial charge >= 0.3 is 11.9 Å². The van der Waals surface area contributed by atoms with Crippen molar-refractivity contribution in [1.82, 2.24) is 0 Å². The van der Waals surface area contributed by atoms with Gasteiger partial charge < -0.3 is 14.2 Å². The van der Waals surface area contributed by atoms with Gasteiger partial charge in [0.1, 0.15) is 6.10 Å². The van der Waals surface area contributed by atoms with E-state index < -0.39 is 0 Å². The fourth-order valence-corrected chi connectivity index (χ4v) is 11.8. The SMILES string of the molecule is COC(=O)CC1C[C@@H](C)[C@H]2[C@H](C[C@@]3(C)[C]4CC[C@H]5C(C)(C)C(OC(C)=O)CC[C@@]56C[C@@]46CC[C@]23C)O1. The van der Waals surface area contributed by atoms with E-state index in [-0.39, 0.29) is 46.5 Å². The van der Waals surface area contributed by atoms with Gasteiger partial charge in [-0.05, 0) is 103 Å². The quantitative estimate of drug-likeness (QED) is 0.428. The summed E-state index contributed by atoms with van der Waals surface area (Å²) >= 11 is 0. The molecule has 5 aliphatic carbocycles. The standard InChI is InChI=1S/C31H47O5/c1-18-14-20(15-25(33)34-7)36-21-16-29(6)23-9-8-22-27(3,4)24(35-19(2)32)10-11-30(22)17-31(23,30)13-12-28(29,5)26(18)21/h18,20-22,24,26H,8-17H2,1-7H3/t18-,20?,21+,22+,24?,26+,28-,29+,30-,31+/m1/s1. The number of carbonyl (C=O) groups is 2. The van der Waals surface area contributed by atoms with Gasteiger partial charge in [-0.3, -0.25) is 9.59 Å². The Morgan fingerprint density at radius 1 is 1.08 bits per heavy atom. The van der Waals surface area contributed by atoms with Gasteiger partial charge in [-0.15, -0.1) is 0 Å². The minimum atomic E-state index is -0.156. The molecule has 5 saturated carbocycles. The summed E-state index contributed by atoms with van der Waals surface area (Å²) in [5, 5.41) is 0. The van der Waals surface area contributed by atoms with E-state index in [0.29, 0.717) is 35.0 Å². The lowest BCUT2D eigenvalue weighted by Gasteiger charge is -2.63. The molecular weight excluding hydrogens is 452 g/mol. The Labute approximate surface area is 217 Å². The molecule has 2 spiro atoms. The monoisotopic (exact) mass is 499 g/mol. The van der Waals surface area contributed by atoms with Crippen LogP contribution in [0.2, 0.25) is 0 Å². The van der Waals surface area contributed by atoms with Crippen molar-refractivity contribution in [2.45, 2.75) is 124 Å². The molecule has 6 aliphatic rings. The molecule has 1 heterocycles. The van der Waals surface area contributed by atoms with Crippen molar-refractivity contribution in [2.24, 2.45) is 44.8 Å². The van der Waals surface area contributed by atoms with Crippen molar-refractivity contribution < 1.29 is 23.8 Å². The lowest BCUT2D eigenvalue weighted by molar-refractivity contribution is -0.169. The Bertz CT molecular complexity index is 959. The van der Waals surface area contributed by atoms with Crippen LogP contribution in [0, 0.1) is 50.7 Å². The topological polar surface area (TPSA) is 61.8 Å². The van der Waals surface area contributed by atoms with Crippen molar-refractivity contribution in [1.29, 1.82) is 0 Å². The maximum Gasteiger partial charge on any atom is 0.308 e. The summed E-state index contributed by atoms with van der Waals surface area (Å²) in [5.41, 5.74) is 1.27. The van der Waals surface area contributed by atoms with Crippen LogP contribution < -0.4 is 0 Å². The van der Waals surface area contributed by atoms with Gasteiger partial charge in [0.15, 0.2) is 0 Å². The molecule has 0 N–H and O–H groups in total. The third kappa shape index (κ3) is 2.99. The third-order valence-electron chi connectivity index (χ3n) is 13.2. The van der Waals surface area contributed by atoms with Crippen LogP contribution in [0.3, 0.4) is 0 Å². The van der Waals surface area contributed by atoms with Crippen LogP contribution in [0.25, 0.3) is 0 Å². The molecule has 0 aromatic carbocycles. The second-order valence-corrected chi connectivity index (χ2v) is 14.7. The molecule has 1 radical (unpaired) electrons. The average Bonchev–Trinajstić information content (AvgIpc) is 3.39. The number of carbonyl (C=O) groups excluding carboxylic acids is 2. The zero-order valence-corrected chi connectivity index (χ0v) is 23.6. The van der Waals surface area contributed by atoms with Gasteiger partial charge in [-0.2, -0.15) is 0 Å². The summed E-state index contributed by atoms with van der Waals surface area (Å²) in [6.07, 6.45) is 11.3. The van der Waals surface area contributed by atoms with Gasteiger partial charge in [-0.25, -0.2) is 0 Å². The van der Waals surface area contributed by atoms with Crippen LogP contribution in [0.4, 0.5) is 0 Å². The van der Waals surface area contributed by atoms with Gasteiger partial charge in [0, 0.05) is 12.3 Å². The van der Waals surface area contributed by atoms with E-state index in [1.807, 2.05) is 5.92 Å². The lowest BCUT2D eigenvalue weighted by atomic mass is 9.41. The number of hydrogen-bond donors (Lipinski definition) is 0. The first-order valence-electron chi connectivity index (χ1n) is 14.6. The fraction of sp³-hybridized carbons (Fsp3) is 0.903. The number of esters is 2. The minimum absolute atomic E-state index is 0.0135. The van der Waals surface area contributed by atoms with Crippen LogP contribution in [-0.4, -0.2) is 37.4 Å². The van der Waals surface area contributed by atoms with Crippen molar-refractivity contribution in [2.75, 3.05) is 7.11 Å². The van der Waals surface area contributed by atoms with Crippen LogP contribution >= 0.6 is 0 Å². The van der Waals surface area contributed by atoms with E-state index in [0.717, 1.165) is 19.3 Å². The zero-order valence-electron chi connectivity index (χ0n) is 23.6. The fourth-order valence-electron chi connectivity index (χ4n) is 11.8. The first-order valence-corrected chi connectivity index (χ1v) is 14.6. The van der Waals surface area contributed by atoms with E-state index in [1.165, 1.54) is 45.6 Å².